The van der Waals surface area contributed by atoms with Crippen LogP contribution in [0, 0.1) is 0 Å². The van der Waals surface area contributed by atoms with Crippen molar-refractivity contribution in [3.05, 3.63) is 64.5 Å². The van der Waals surface area contributed by atoms with Gasteiger partial charge < -0.3 is 19.2 Å². The number of hydrogen-bond acceptors (Lipinski definition) is 5. The lowest BCUT2D eigenvalue weighted by Gasteiger charge is -2.10. The Balaban J connectivity index is 1.87. The number of anilines is 1. The average Bonchev–Trinajstić information content (AvgIpc) is 2.60. The standard InChI is InChI=1S/C18H12F3NO5/c1-25-12-6-7-13-14(9-16(23)26-15(13)8-12)17(24)22-10-2-4-11(5-3-10)27-18(19,20)21/h2-9H,1H3,(H,22,24). The molecule has 0 aliphatic carbocycles. The summed E-state index contributed by atoms with van der Waals surface area (Å²) in [6, 6.07) is 10.3. The molecule has 2 aromatic carbocycles. The van der Waals surface area contributed by atoms with Crippen LogP contribution in [0.2, 0.25) is 0 Å². The van der Waals surface area contributed by atoms with Crippen molar-refractivity contribution in [2.45, 2.75) is 6.36 Å². The molecular formula is C18H12F3NO5. The number of halogens is 3. The van der Waals surface area contributed by atoms with Crippen LogP contribution in [0.15, 0.2) is 57.7 Å². The summed E-state index contributed by atoms with van der Waals surface area (Å²) in [5.41, 5.74) is -0.278. The first-order valence-electron chi connectivity index (χ1n) is 7.54. The predicted molar refractivity (Wildman–Crippen MR) is 90.1 cm³/mol. The number of carbonyl (C=O) groups is 1. The lowest BCUT2D eigenvalue weighted by Crippen LogP contribution is -2.17. The average molecular weight is 379 g/mol. The van der Waals surface area contributed by atoms with Gasteiger partial charge in [0.25, 0.3) is 5.91 Å². The van der Waals surface area contributed by atoms with E-state index in [0.717, 1.165) is 18.2 Å². The van der Waals surface area contributed by atoms with Crippen LogP contribution in [-0.4, -0.2) is 19.4 Å². The van der Waals surface area contributed by atoms with Crippen LogP contribution >= 0.6 is 0 Å². The fourth-order valence-corrected chi connectivity index (χ4v) is 2.40. The number of nitrogens with one attached hydrogen (secondary N) is 1. The first kappa shape index (κ1) is 18.3. The Morgan fingerprint density at radius 3 is 2.33 bits per heavy atom. The smallest absolute Gasteiger partial charge is 0.497 e. The van der Waals surface area contributed by atoms with E-state index in [4.69, 9.17) is 9.15 Å². The van der Waals surface area contributed by atoms with Crippen molar-refractivity contribution in [1.82, 2.24) is 0 Å². The van der Waals surface area contributed by atoms with Gasteiger partial charge in [0, 0.05) is 23.2 Å². The molecule has 1 N–H and O–H groups in total. The lowest BCUT2D eigenvalue weighted by molar-refractivity contribution is -0.274. The molecular weight excluding hydrogens is 367 g/mol. The van der Waals surface area contributed by atoms with Gasteiger partial charge in [0.1, 0.15) is 17.1 Å². The number of amides is 1. The van der Waals surface area contributed by atoms with Crippen molar-refractivity contribution < 1.29 is 31.9 Å². The van der Waals surface area contributed by atoms with E-state index in [1.807, 2.05) is 0 Å². The van der Waals surface area contributed by atoms with Crippen molar-refractivity contribution in [2.24, 2.45) is 0 Å². The highest BCUT2D eigenvalue weighted by molar-refractivity contribution is 6.12. The summed E-state index contributed by atoms with van der Waals surface area (Å²) < 4.78 is 50.4. The Morgan fingerprint density at radius 1 is 1.04 bits per heavy atom. The summed E-state index contributed by atoms with van der Waals surface area (Å²) in [6.07, 6.45) is -4.80. The maximum Gasteiger partial charge on any atom is 0.573 e. The molecule has 0 fully saturated rings. The molecule has 0 unspecified atom stereocenters. The van der Waals surface area contributed by atoms with Crippen LogP contribution in [-0.2, 0) is 0 Å². The minimum absolute atomic E-state index is 0.0551. The van der Waals surface area contributed by atoms with Gasteiger partial charge >= 0.3 is 12.0 Å². The first-order chi connectivity index (χ1) is 12.7. The van der Waals surface area contributed by atoms with Crippen LogP contribution in [0.1, 0.15) is 10.4 Å². The van der Waals surface area contributed by atoms with Gasteiger partial charge in [-0.05, 0) is 36.4 Å². The zero-order valence-electron chi connectivity index (χ0n) is 13.8. The highest BCUT2D eigenvalue weighted by Gasteiger charge is 2.31. The maximum absolute atomic E-state index is 12.5. The zero-order valence-corrected chi connectivity index (χ0v) is 13.8. The van der Waals surface area contributed by atoms with Crippen LogP contribution in [0.4, 0.5) is 18.9 Å². The van der Waals surface area contributed by atoms with E-state index in [-0.39, 0.29) is 16.8 Å². The maximum atomic E-state index is 12.5. The summed E-state index contributed by atoms with van der Waals surface area (Å²) >= 11 is 0. The summed E-state index contributed by atoms with van der Waals surface area (Å²) in [4.78, 5) is 24.2. The topological polar surface area (TPSA) is 77.8 Å². The quantitative estimate of drug-likeness (QED) is 0.695. The Labute approximate surface area is 150 Å². The van der Waals surface area contributed by atoms with E-state index in [2.05, 4.69) is 10.1 Å². The van der Waals surface area contributed by atoms with Gasteiger partial charge in [-0.2, -0.15) is 0 Å². The Morgan fingerprint density at radius 2 is 1.70 bits per heavy atom. The number of fused-ring (bicyclic) bond motifs is 1. The molecule has 3 aromatic rings. The SMILES string of the molecule is COc1ccc2c(C(=O)Nc3ccc(OC(F)(F)F)cc3)cc(=O)oc2c1. The highest BCUT2D eigenvalue weighted by Crippen LogP contribution is 2.25. The van der Waals surface area contributed by atoms with Gasteiger partial charge in [0.05, 0.1) is 12.7 Å². The minimum Gasteiger partial charge on any atom is -0.497 e. The monoisotopic (exact) mass is 379 g/mol. The molecule has 9 heteroatoms. The van der Waals surface area contributed by atoms with Gasteiger partial charge in [-0.15, -0.1) is 13.2 Å². The van der Waals surface area contributed by atoms with E-state index in [1.54, 1.807) is 12.1 Å². The molecule has 140 valence electrons. The predicted octanol–water partition coefficient (Wildman–Crippen LogP) is 3.95. The van der Waals surface area contributed by atoms with Crippen LogP contribution in [0.3, 0.4) is 0 Å². The molecule has 1 aromatic heterocycles. The van der Waals surface area contributed by atoms with Crippen LogP contribution in [0.5, 0.6) is 11.5 Å². The molecule has 0 aliphatic heterocycles. The second-order valence-electron chi connectivity index (χ2n) is 5.37. The van der Waals surface area contributed by atoms with Crippen molar-refractivity contribution >= 4 is 22.6 Å². The van der Waals surface area contributed by atoms with Gasteiger partial charge in [-0.3, -0.25) is 4.79 Å². The molecule has 27 heavy (non-hydrogen) atoms. The molecule has 3 rings (SSSR count). The molecule has 0 atom stereocenters. The molecule has 0 radical (unpaired) electrons. The number of carbonyl (C=O) groups excluding carboxylic acids is 1. The molecule has 0 saturated carbocycles. The number of benzene rings is 2. The van der Waals surface area contributed by atoms with Crippen LogP contribution in [0.25, 0.3) is 11.0 Å². The van der Waals surface area contributed by atoms with Gasteiger partial charge in [-0.25, -0.2) is 4.79 Å². The minimum atomic E-state index is -4.80. The van der Waals surface area contributed by atoms with Gasteiger partial charge in [0.2, 0.25) is 0 Å². The normalized spacial score (nSPS) is 11.3. The highest BCUT2D eigenvalue weighted by atomic mass is 19.4. The molecule has 0 saturated heterocycles. The van der Waals surface area contributed by atoms with E-state index in [0.29, 0.717) is 11.1 Å². The zero-order chi connectivity index (χ0) is 19.6. The summed E-state index contributed by atoms with van der Waals surface area (Å²) in [6.45, 7) is 0. The molecule has 1 amide bonds. The van der Waals surface area contributed by atoms with E-state index < -0.39 is 23.6 Å². The molecule has 6 nitrogen and oxygen atoms in total. The number of methoxy groups -OCH3 is 1. The summed E-state index contributed by atoms with van der Waals surface area (Å²) in [5.74, 6) is -0.593. The number of hydrogen-bond donors (Lipinski definition) is 1. The lowest BCUT2D eigenvalue weighted by atomic mass is 10.1. The fourth-order valence-electron chi connectivity index (χ4n) is 2.40. The first-order valence-corrected chi connectivity index (χ1v) is 7.54. The number of alkyl halides is 3. The second-order valence-corrected chi connectivity index (χ2v) is 5.37. The second kappa shape index (κ2) is 7.02. The summed E-state index contributed by atoms with van der Waals surface area (Å²) in [5, 5.41) is 2.89. The van der Waals surface area contributed by atoms with Gasteiger partial charge in [0.15, 0.2) is 0 Å². The van der Waals surface area contributed by atoms with Crippen molar-refractivity contribution in [3.63, 3.8) is 0 Å². The number of ether oxygens (including phenoxy) is 2. The van der Waals surface area contributed by atoms with Crippen molar-refractivity contribution in [1.29, 1.82) is 0 Å². The van der Waals surface area contributed by atoms with Crippen molar-refractivity contribution in [2.75, 3.05) is 12.4 Å². The Kier molecular flexibility index (Phi) is 4.76. The Hall–Kier alpha value is -3.49. The third-order valence-corrected chi connectivity index (χ3v) is 3.54. The fraction of sp³-hybridized carbons (Fsp3) is 0.111. The van der Waals surface area contributed by atoms with Crippen LogP contribution < -0.4 is 20.4 Å². The molecule has 0 spiro atoms. The Bertz CT molecular complexity index is 1040. The van der Waals surface area contributed by atoms with E-state index in [9.17, 15) is 22.8 Å². The molecule has 1 heterocycles. The molecule has 0 bridgehead atoms. The largest absolute Gasteiger partial charge is 0.573 e. The summed E-state index contributed by atoms with van der Waals surface area (Å²) in [7, 11) is 1.45. The van der Waals surface area contributed by atoms with Gasteiger partial charge in [-0.1, -0.05) is 0 Å². The molecule has 0 aliphatic rings. The van der Waals surface area contributed by atoms with E-state index in [1.165, 1.54) is 25.3 Å². The number of rotatable bonds is 4. The third kappa shape index (κ3) is 4.38. The third-order valence-electron chi connectivity index (χ3n) is 3.54. The van der Waals surface area contributed by atoms with Crippen molar-refractivity contribution in [3.8, 4) is 11.5 Å². The van der Waals surface area contributed by atoms with E-state index >= 15 is 0 Å².